The molecule has 0 saturated heterocycles. The summed E-state index contributed by atoms with van der Waals surface area (Å²) in [6.07, 6.45) is 1.69. The van der Waals surface area contributed by atoms with Crippen molar-refractivity contribution in [1.29, 1.82) is 0 Å². The SMILES string of the molecule is Cc1nn(C)c(Cl)c1Cn1cnc(-c2ccc(N)cc2)n1. The third-order valence-corrected chi connectivity index (χ3v) is 3.77. The van der Waals surface area contributed by atoms with E-state index in [1.54, 1.807) is 15.7 Å². The van der Waals surface area contributed by atoms with Crippen molar-refractivity contribution in [2.24, 2.45) is 7.05 Å². The Kier molecular flexibility index (Phi) is 3.39. The zero-order valence-corrected chi connectivity index (χ0v) is 12.5. The molecule has 0 aliphatic rings. The predicted molar refractivity (Wildman–Crippen MR) is 81.9 cm³/mol. The molecule has 0 spiro atoms. The molecule has 1 aromatic carbocycles. The van der Waals surface area contributed by atoms with Gasteiger partial charge in [0, 0.05) is 23.9 Å². The van der Waals surface area contributed by atoms with Crippen LogP contribution in [0.5, 0.6) is 0 Å². The Morgan fingerprint density at radius 3 is 2.52 bits per heavy atom. The van der Waals surface area contributed by atoms with Crippen LogP contribution in [0, 0.1) is 6.92 Å². The molecule has 0 fully saturated rings. The van der Waals surface area contributed by atoms with Gasteiger partial charge >= 0.3 is 0 Å². The van der Waals surface area contributed by atoms with Gasteiger partial charge in [-0.3, -0.25) is 4.68 Å². The minimum absolute atomic E-state index is 0.542. The van der Waals surface area contributed by atoms with Gasteiger partial charge in [0.1, 0.15) is 11.5 Å². The highest BCUT2D eigenvalue weighted by atomic mass is 35.5. The maximum atomic E-state index is 6.23. The fourth-order valence-electron chi connectivity index (χ4n) is 2.15. The lowest BCUT2D eigenvalue weighted by Gasteiger charge is -2.00. The van der Waals surface area contributed by atoms with Crippen LogP contribution in [0.2, 0.25) is 5.15 Å². The van der Waals surface area contributed by atoms with E-state index in [4.69, 9.17) is 17.3 Å². The number of anilines is 1. The van der Waals surface area contributed by atoms with Gasteiger partial charge in [-0.05, 0) is 31.2 Å². The lowest BCUT2D eigenvalue weighted by atomic mass is 10.2. The molecule has 2 aromatic heterocycles. The van der Waals surface area contributed by atoms with Crippen molar-refractivity contribution in [2.75, 3.05) is 5.73 Å². The minimum atomic E-state index is 0.542. The number of benzene rings is 1. The average molecular weight is 303 g/mol. The highest BCUT2D eigenvalue weighted by molar-refractivity contribution is 6.30. The van der Waals surface area contributed by atoms with E-state index >= 15 is 0 Å². The molecule has 0 aliphatic carbocycles. The highest BCUT2D eigenvalue weighted by Gasteiger charge is 2.13. The van der Waals surface area contributed by atoms with Crippen molar-refractivity contribution in [3.63, 3.8) is 0 Å². The first kappa shape index (κ1) is 13.6. The third-order valence-electron chi connectivity index (χ3n) is 3.30. The normalized spacial score (nSPS) is 11.0. The molecule has 0 unspecified atom stereocenters. The van der Waals surface area contributed by atoms with Gasteiger partial charge in [-0.2, -0.15) is 10.2 Å². The predicted octanol–water partition coefficient (Wildman–Crippen LogP) is 2.27. The Labute approximate surface area is 127 Å². The van der Waals surface area contributed by atoms with E-state index in [-0.39, 0.29) is 0 Å². The number of nitrogen functional groups attached to an aromatic ring is 1. The minimum Gasteiger partial charge on any atom is -0.399 e. The zero-order chi connectivity index (χ0) is 15.0. The second-order valence-electron chi connectivity index (χ2n) is 4.87. The van der Waals surface area contributed by atoms with Crippen molar-refractivity contribution < 1.29 is 0 Å². The lowest BCUT2D eigenvalue weighted by molar-refractivity contribution is 0.683. The number of nitrogens with two attached hydrogens (primary N) is 1. The fraction of sp³-hybridized carbons (Fsp3) is 0.214. The van der Waals surface area contributed by atoms with E-state index in [0.29, 0.717) is 17.5 Å². The van der Waals surface area contributed by atoms with Crippen molar-refractivity contribution in [3.8, 4) is 11.4 Å². The second kappa shape index (κ2) is 5.21. The van der Waals surface area contributed by atoms with E-state index in [0.717, 1.165) is 22.5 Å². The summed E-state index contributed by atoms with van der Waals surface area (Å²) in [4.78, 5) is 4.32. The van der Waals surface area contributed by atoms with Crippen LogP contribution in [0.3, 0.4) is 0 Å². The van der Waals surface area contributed by atoms with Gasteiger partial charge in [0.2, 0.25) is 0 Å². The first-order chi connectivity index (χ1) is 10.0. The fourth-order valence-corrected chi connectivity index (χ4v) is 2.39. The van der Waals surface area contributed by atoms with Crippen LogP contribution in [-0.4, -0.2) is 24.5 Å². The van der Waals surface area contributed by atoms with Gasteiger partial charge < -0.3 is 5.73 Å². The summed E-state index contributed by atoms with van der Waals surface area (Å²) in [6, 6.07) is 7.46. The monoisotopic (exact) mass is 302 g/mol. The smallest absolute Gasteiger partial charge is 0.181 e. The molecule has 0 saturated carbocycles. The largest absolute Gasteiger partial charge is 0.399 e. The maximum absolute atomic E-state index is 6.23. The summed E-state index contributed by atoms with van der Waals surface area (Å²) in [5, 5.41) is 9.38. The molecule has 21 heavy (non-hydrogen) atoms. The van der Waals surface area contributed by atoms with Gasteiger partial charge in [0.05, 0.1) is 12.2 Å². The number of rotatable bonds is 3. The van der Waals surface area contributed by atoms with Gasteiger partial charge in [-0.15, -0.1) is 0 Å². The van der Waals surface area contributed by atoms with Gasteiger partial charge in [0.25, 0.3) is 0 Å². The Morgan fingerprint density at radius 2 is 1.90 bits per heavy atom. The molecule has 2 N–H and O–H groups in total. The average Bonchev–Trinajstić information content (AvgIpc) is 3.01. The molecule has 0 amide bonds. The van der Waals surface area contributed by atoms with E-state index in [1.165, 1.54) is 0 Å². The molecule has 2 heterocycles. The number of aryl methyl sites for hydroxylation is 2. The molecule has 7 heteroatoms. The van der Waals surface area contributed by atoms with E-state index < -0.39 is 0 Å². The molecule has 0 radical (unpaired) electrons. The quantitative estimate of drug-likeness (QED) is 0.753. The lowest BCUT2D eigenvalue weighted by Crippen LogP contribution is -2.01. The second-order valence-corrected chi connectivity index (χ2v) is 5.22. The Bertz CT molecular complexity index is 771. The van der Waals surface area contributed by atoms with Crippen molar-refractivity contribution in [3.05, 3.63) is 47.0 Å². The van der Waals surface area contributed by atoms with Crippen LogP contribution in [0.15, 0.2) is 30.6 Å². The molecule has 6 nitrogen and oxygen atoms in total. The third kappa shape index (κ3) is 2.62. The summed E-state index contributed by atoms with van der Waals surface area (Å²) < 4.78 is 3.41. The zero-order valence-electron chi connectivity index (χ0n) is 11.8. The number of halogens is 1. The van der Waals surface area contributed by atoms with Crippen LogP contribution in [0.4, 0.5) is 5.69 Å². The maximum Gasteiger partial charge on any atom is 0.181 e. The molecule has 108 valence electrons. The van der Waals surface area contributed by atoms with Crippen LogP contribution in [-0.2, 0) is 13.6 Å². The summed E-state index contributed by atoms with van der Waals surface area (Å²) >= 11 is 6.23. The molecule has 3 rings (SSSR count). The number of nitrogens with zero attached hydrogens (tertiary/aromatic N) is 5. The van der Waals surface area contributed by atoms with Crippen LogP contribution >= 0.6 is 11.6 Å². The van der Waals surface area contributed by atoms with E-state index in [1.807, 2.05) is 38.2 Å². The van der Waals surface area contributed by atoms with Crippen molar-refractivity contribution >= 4 is 17.3 Å². The summed E-state index contributed by atoms with van der Waals surface area (Å²) in [7, 11) is 1.82. The van der Waals surface area contributed by atoms with Gasteiger partial charge in [0.15, 0.2) is 5.82 Å². The van der Waals surface area contributed by atoms with Crippen molar-refractivity contribution in [2.45, 2.75) is 13.5 Å². The molecular formula is C14H15ClN6. The Hall–Kier alpha value is -2.34. The van der Waals surface area contributed by atoms with Crippen LogP contribution < -0.4 is 5.73 Å². The molecule has 0 aliphatic heterocycles. The first-order valence-electron chi connectivity index (χ1n) is 6.48. The van der Waals surface area contributed by atoms with Gasteiger partial charge in [-0.1, -0.05) is 11.6 Å². The highest BCUT2D eigenvalue weighted by Crippen LogP contribution is 2.20. The van der Waals surface area contributed by atoms with Crippen LogP contribution in [0.25, 0.3) is 11.4 Å². The molecule has 0 bridgehead atoms. The number of hydrogen-bond donors (Lipinski definition) is 1. The van der Waals surface area contributed by atoms with Crippen LogP contribution in [0.1, 0.15) is 11.3 Å². The summed E-state index contributed by atoms with van der Waals surface area (Å²) in [5.41, 5.74) is 9.17. The number of hydrogen-bond acceptors (Lipinski definition) is 4. The van der Waals surface area contributed by atoms with Crippen molar-refractivity contribution in [1.82, 2.24) is 24.5 Å². The molecule has 3 aromatic rings. The number of aromatic nitrogens is 5. The standard InChI is InChI=1S/C14H15ClN6/c1-9-12(13(15)20(2)18-9)7-21-8-17-14(19-21)10-3-5-11(16)6-4-10/h3-6,8H,7,16H2,1-2H3. The summed E-state index contributed by atoms with van der Waals surface area (Å²) in [6.45, 7) is 2.47. The molecular weight excluding hydrogens is 288 g/mol. The topological polar surface area (TPSA) is 74.5 Å². The Morgan fingerprint density at radius 1 is 1.19 bits per heavy atom. The van der Waals surface area contributed by atoms with E-state index in [2.05, 4.69) is 15.2 Å². The molecule has 0 atom stereocenters. The first-order valence-corrected chi connectivity index (χ1v) is 6.85. The van der Waals surface area contributed by atoms with E-state index in [9.17, 15) is 0 Å². The summed E-state index contributed by atoms with van der Waals surface area (Å²) in [5.74, 6) is 0.660. The van der Waals surface area contributed by atoms with Gasteiger partial charge in [-0.25, -0.2) is 9.67 Å². The Balaban J connectivity index is 1.87.